The number of aliphatic imine (C=N–C) groups is 1. The minimum atomic E-state index is -1.02. The van der Waals surface area contributed by atoms with E-state index in [-0.39, 0.29) is 43.0 Å². The number of benzene rings is 2. The molecule has 0 radical (unpaired) electrons. The fourth-order valence-corrected chi connectivity index (χ4v) is 6.07. The van der Waals surface area contributed by atoms with E-state index in [9.17, 15) is 25.2 Å². The summed E-state index contributed by atoms with van der Waals surface area (Å²) in [5.74, 6) is 6.21. The SMILES string of the molecule is CCC[C@H](O)C[C@@H](O)CC(=O)CCc1ccc(O)c(O[C@H]2CC#C[C@H](O)c3ccc(C(N)N)cc3CC3=CN=C4C[NH+]2C=C34)c1. The zero-order valence-corrected chi connectivity index (χ0v) is 25.6. The molecule has 10 nitrogen and oxygen atoms in total. The Hall–Kier alpha value is -3.82. The molecule has 0 saturated carbocycles. The van der Waals surface area contributed by atoms with Crippen molar-refractivity contribution >= 4 is 11.5 Å². The monoisotopic (exact) mass is 615 g/mol. The number of hydrogen-bond acceptors (Lipinski definition) is 9. The van der Waals surface area contributed by atoms with Crippen molar-refractivity contribution < 1.29 is 34.9 Å². The van der Waals surface area contributed by atoms with Crippen LogP contribution in [0.25, 0.3) is 0 Å². The molecule has 5 atom stereocenters. The molecule has 45 heavy (non-hydrogen) atoms. The van der Waals surface area contributed by atoms with E-state index in [1.807, 2.05) is 25.3 Å². The van der Waals surface area contributed by atoms with Crippen molar-refractivity contribution in [3.8, 4) is 23.3 Å². The van der Waals surface area contributed by atoms with Gasteiger partial charge in [-0.2, -0.15) is 0 Å². The lowest BCUT2D eigenvalue weighted by Gasteiger charge is -2.23. The molecule has 0 amide bonds. The molecule has 10 heteroatoms. The van der Waals surface area contributed by atoms with Crippen LogP contribution in [-0.2, 0) is 17.6 Å². The molecule has 0 saturated heterocycles. The third kappa shape index (κ3) is 8.07. The largest absolute Gasteiger partial charge is 0.504 e. The molecule has 3 aliphatic rings. The summed E-state index contributed by atoms with van der Waals surface area (Å²) >= 11 is 0. The summed E-state index contributed by atoms with van der Waals surface area (Å²) in [6.45, 7) is 2.54. The van der Waals surface area contributed by atoms with Gasteiger partial charge in [-0.3, -0.25) is 14.7 Å². The number of phenols is 1. The summed E-state index contributed by atoms with van der Waals surface area (Å²) in [5.41, 5.74) is 18.0. The Labute approximate surface area is 263 Å². The van der Waals surface area contributed by atoms with E-state index >= 15 is 0 Å². The number of hydrogen-bond donors (Lipinski definition) is 7. The zero-order valence-electron chi connectivity index (χ0n) is 25.6. The summed E-state index contributed by atoms with van der Waals surface area (Å²) in [6, 6.07) is 10.6. The molecule has 2 aromatic rings. The molecule has 5 rings (SSSR count). The van der Waals surface area contributed by atoms with Crippen LogP contribution in [-0.4, -0.2) is 56.9 Å². The van der Waals surface area contributed by atoms with Gasteiger partial charge in [-0.05, 0) is 59.2 Å². The number of ketones is 1. The second-order valence-electron chi connectivity index (χ2n) is 12.1. The predicted molar refractivity (Wildman–Crippen MR) is 170 cm³/mol. The first-order valence-corrected chi connectivity index (χ1v) is 15.6. The third-order valence-electron chi connectivity index (χ3n) is 8.52. The Morgan fingerprint density at radius 3 is 2.78 bits per heavy atom. The first-order chi connectivity index (χ1) is 21.6. The molecule has 2 aromatic carbocycles. The molecule has 9 N–H and O–H groups in total. The molecule has 2 bridgehead atoms. The number of rotatable bonds is 12. The molecular formula is C35H43N4O6+. The normalized spacial score (nSPS) is 21.8. The molecule has 0 fully saturated rings. The maximum atomic E-state index is 12.5. The van der Waals surface area contributed by atoms with Gasteiger partial charge in [0.15, 0.2) is 11.5 Å². The lowest BCUT2D eigenvalue weighted by atomic mass is 9.91. The van der Waals surface area contributed by atoms with E-state index in [2.05, 4.69) is 23.0 Å². The number of quaternary nitrogens is 1. The van der Waals surface area contributed by atoms with Crippen LogP contribution in [0.5, 0.6) is 11.5 Å². The smallest absolute Gasteiger partial charge is 0.247 e. The fourth-order valence-electron chi connectivity index (χ4n) is 6.07. The number of nitrogens with two attached hydrogens (primary N) is 2. The van der Waals surface area contributed by atoms with Crippen LogP contribution < -0.4 is 21.1 Å². The lowest BCUT2D eigenvalue weighted by molar-refractivity contribution is -0.882. The van der Waals surface area contributed by atoms with Crippen LogP contribution in [0.15, 0.2) is 64.9 Å². The Morgan fingerprint density at radius 2 is 2.00 bits per heavy atom. The van der Waals surface area contributed by atoms with Crippen LogP contribution in [0.1, 0.15) is 80.0 Å². The van der Waals surface area contributed by atoms with Crippen LogP contribution in [0.4, 0.5) is 0 Å². The van der Waals surface area contributed by atoms with Crippen LogP contribution in [0, 0.1) is 11.8 Å². The van der Waals surface area contributed by atoms with E-state index in [0.29, 0.717) is 31.4 Å². The third-order valence-corrected chi connectivity index (χ3v) is 8.52. The fraction of sp³-hybridized carbons (Fsp3) is 0.429. The number of aliphatic hydroxyl groups is 3. The van der Waals surface area contributed by atoms with Gasteiger partial charge >= 0.3 is 0 Å². The van der Waals surface area contributed by atoms with E-state index in [1.165, 1.54) is 0 Å². The number of ether oxygens (including phenoxy) is 1. The molecule has 0 aliphatic carbocycles. The van der Waals surface area contributed by atoms with Gasteiger partial charge in [0.25, 0.3) is 0 Å². The summed E-state index contributed by atoms with van der Waals surface area (Å²) in [5, 5.41) is 41.8. The maximum Gasteiger partial charge on any atom is 0.247 e. The van der Waals surface area contributed by atoms with Gasteiger partial charge in [-0.15, -0.1) is 0 Å². The first kappa shape index (κ1) is 32.6. The maximum absolute atomic E-state index is 12.5. The number of carbonyl (C=O) groups excluding carboxylic acids is 1. The van der Waals surface area contributed by atoms with E-state index in [4.69, 9.17) is 16.2 Å². The molecule has 0 spiro atoms. The molecule has 238 valence electrons. The molecule has 0 aromatic heterocycles. The number of Topliss-reactive ketones (excluding diaryl/α,β-unsaturated/α-hetero) is 1. The van der Waals surface area contributed by atoms with Gasteiger partial charge in [-0.1, -0.05) is 49.5 Å². The highest BCUT2D eigenvalue weighted by atomic mass is 16.5. The Morgan fingerprint density at radius 1 is 1.18 bits per heavy atom. The lowest BCUT2D eigenvalue weighted by Crippen LogP contribution is -3.12. The first-order valence-electron chi connectivity index (χ1n) is 15.6. The zero-order chi connectivity index (χ0) is 32.1. The van der Waals surface area contributed by atoms with Crippen molar-refractivity contribution in [3.63, 3.8) is 0 Å². The predicted octanol–water partition coefficient (Wildman–Crippen LogP) is 1.62. The number of aromatic hydroxyl groups is 1. The minimum absolute atomic E-state index is 0.00564. The van der Waals surface area contributed by atoms with Crippen molar-refractivity contribution in [2.45, 2.75) is 89.0 Å². The van der Waals surface area contributed by atoms with Gasteiger partial charge in [0, 0.05) is 25.5 Å². The molecular weight excluding hydrogens is 572 g/mol. The summed E-state index contributed by atoms with van der Waals surface area (Å²) in [6.07, 6.45) is 3.33. The second kappa shape index (κ2) is 14.5. The van der Waals surface area contributed by atoms with Crippen molar-refractivity contribution in [3.05, 3.63) is 82.2 Å². The van der Waals surface area contributed by atoms with Crippen molar-refractivity contribution in [2.75, 3.05) is 6.54 Å². The highest BCUT2D eigenvalue weighted by molar-refractivity contribution is 6.08. The van der Waals surface area contributed by atoms with Crippen LogP contribution in [0.3, 0.4) is 0 Å². The van der Waals surface area contributed by atoms with Crippen LogP contribution in [0.2, 0.25) is 0 Å². The summed E-state index contributed by atoms with van der Waals surface area (Å²) < 4.78 is 6.38. The van der Waals surface area contributed by atoms with Gasteiger partial charge in [0.05, 0.1) is 23.9 Å². The molecule has 1 unspecified atom stereocenters. The molecule has 3 heterocycles. The van der Waals surface area contributed by atoms with E-state index in [0.717, 1.165) is 44.9 Å². The van der Waals surface area contributed by atoms with Gasteiger partial charge in [0.1, 0.15) is 36.8 Å². The van der Waals surface area contributed by atoms with Gasteiger partial charge < -0.3 is 36.6 Å². The van der Waals surface area contributed by atoms with E-state index in [1.54, 1.807) is 24.3 Å². The standard InChI is InChI=1S/C35H42N4O6/c1-2-4-25(40)16-27(42)17-26(41)10-7-21-8-12-32(44)33(13-21)45-34-6-3-5-31(43)28-11-9-22(35(36)37)14-23(28)15-24-18-38-30-20-39(34)19-29(24)30/h8-9,11-14,18-19,25,27,31,34-35,40,42-44H,2,4,6-7,10,15-17,20,36-37H2,1H3/p+1/t25-,27+,31-,34-/m0/s1. The number of nitrogens with one attached hydrogen (secondary N) is 1. The number of phenolic OH excluding ortho intramolecular Hbond substituents is 1. The Balaban J connectivity index is 1.31. The average Bonchev–Trinajstić information content (AvgIpc) is 3.58. The Bertz CT molecular complexity index is 1570. The number of allylic oxidation sites excluding steroid dienone is 1. The minimum Gasteiger partial charge on any atom is -0.504 e. The highest BCUT2D eigenvalue weighted by Gasteiger charge is 2.36. The number of fused-ring (bicyclic) bond motifs is 2. The van der Waals surface area contributed by atoms with Crippen molar-refractivity contribution in [1.82, 2.24) is 0 Å². The number of nitrogens with zero attached hydrogens (tertiary/aromatic N) is 1. The van der Waals surface area contributed by atoms with Crippen molar-refractivity contribution in [1.29, 1.82) is 0 Å². The topological polar surface area (TPSA) is 176 Å². The summed E-state index contributed by atoms with van der Waals surface area (Å²) in [7, 11) is 0. The summed E-state index contributed by atoms with van der Waals surface area (Å²) in [4.78, 5) is 18.2. The number of aryl methyl sites for hydroxylation is 1. The average molecular weight is 616 g/mol. The molecule has 3 aliphatic heterocycles. The Kier molecular flexibility index (Phi) is 10.5. The van der Waals surface area contributed by atoms with Gasteiger partial charge in [0.2, 0.25) is 6.23 Å². The van der Waals surface area contributed by atoms with Gasteiger partial charge in [-0.25, -0.2) is 0 Å². The second-order valence-corrected chi connectivity index (χ2v) is 12.1. The highest BCUT2D eigenvalue weighted by Crippen LogP contribution is 2.31. The number of carbonyl (C=O) groups is 1. The van der Waals surface area contributed by atoms with Crippen molar-refractivity contribution in [2.24, 2.45) is 16.5 Å². The van der Waals surface area contributed by atoms with E-state index < -0.39 is 30.7 Å². The van der Waals surface area contributed by atoms with Crippen LogP contribution >= 0.6 is 0 Å². The quantitative estimate of drug-likeness (QED) is 0.139. The number of aliphatic hydroxyl groups excluding tert-OH is 3.